The minimum Gasteiger partial charge on any atom is -0.488 e. The van der Waals surface area contributed by atoms with Gasteiger partial charge in [0.2, 0.25) is 5.95 Å². The summed E-state index contributed by atoms with van der Waals surface area (Å²) in [5.41, 5.74) is 0. The van der Waals surface area contributed by atoms with Gasteiger partial charge in [-0.15, -0.1) is 0 Å². The van der Waals surface area contributed by atoms with Crippen LogP contribution in [0.15, 0.2) is 12.4 Å². The predicted molar refractivity (Wildman–Crippen MR) is 47.3 cm³/mol. The van der Waals surface area contributed by atoms with Crippen molar-refractivity contribution in [3.8, 4) is 5.75 Å². The van der Waals surface area contributed by atoms with E-state index in [0.29, 0.717) is 11.7 Å². The molecule has 0 aromatic carbocycles. The van der Waals surface area contributed by atoms with Crippen molar-refractivity contribution in [3.63, 3.8) is 0 Å². The zero-order chi connectivity index (χ0) is 8.97. The van der Waals surface area contributed by atoms with Gasteiger partial charge in [-0.1, -0.05) is 0 Å². The quantitative estimate of drug-likeness (QED) is 0.737. The lowest BCUT2D eigenvalue weighted by atomic mass is 10.5. The lowest BCUT2D eigenvalue weighted by Crippen LogP contribution is -2.06. The van der Waals surface area contributed by atoms with Crippen LogP contribution in [0.4, 0.5) is 5.95 Å². The third-order valence-corrected chi connectivity index (χ3v) is 1.22. The second-order valence-corrected chi connectivity index (χ2v) is 2.66. The summed E-state index contributed by atoms with van der Waals surface area (Å²) in [6.45, 7) is 3.93. The molecule has 1 aromatic heterocycles. The summed E-state index contributed by atoms with van der Waals surface area (Å²) in [6.07, 6.45) is 3.46. The number of anilines is 1. The van der Waals surface area contributed by atoms with Crippen LogP contribution in [0, 0.1) is 0 Å². The number of ether oxygens (including phenoxy) is 1. The monoisotopic (exact) mass is 167 g/mol. The Morgan fingerprint density at radius 1 is 1.33 bits per heavy atom. The van der Waals surface area contributed by atoms with Gasteiger partial charge in [0.05, 0.1) is 18.5 Å². The predicted octanol–water partition coefficient (Wildman–Crippen LogP) is 1.31. The molecule has 1 heterocycles. The maximum Gasteiger partial charge on any atom is 0.222 e. The molecule has 4 heteroatoms. The Balaban J connectivity index is 2.65. The van der Waals surface area contributed by atoms with E-state index in [1.165, 1.54) is 0 Å². The molecule has 4 nitrogen and oxygen atoms in total. The summed E-state index contributed by atoms with van der Waals surface area (Å²) >= 11 is 0. The van der Waals surface area contributed by atoms with Crippen molar-refractivity contribution < 1.29 is 4.74 Å². The molecule has 12 heavy (non-hydrogen) atoms. The molecule has 0 aliphatic carbocycles. The van der Waals surface area contributed by atoms with Crippen LogP contribution in [-0.4, -0.2) is 23.1 Å². The van der Waals surface area contributed by atoms with E-state index in [0.717, 1.165) is 0 Å². The third kappa shape index (κ3) is 2.38. The van der Waals surface area contributed by atoms with E-state index >= 15 is 0 Å². The molecule has 0 aliphatic heterocycles. The number of hydrogen-bond donors (Lipinski definition) is 1. The summed E-state index contributed by atoms with van der Waals surface area (Å²) in [4.78, 5) is 8.01. The normalized spacial score (nSPS) is 10.0. The molecule has 1 rings (SSSR count). The topological polar surface area (TPSA) is 47.0 Å². The fraction of sp³-hybridized carbons (Fsp3) is 0.500. The van der Waals surface area contributed by atoms with E-state index in [-0.39, 0.29) is 6.10 Å². The molecule has 0 saturated heterocycles. The van der Waals surface area contributed by atoms with Crippen LogP contribution in [0.1, 0.15) is 13.8 Å². The van der Waals surface area contributed by atoms with Crippen molar-refractivity contribution in [3.05, 3.63) is 12.4 Å². The van der Waals surface area contributed by atoms with Gasteiger partial charge in [-0.3, -0.25) is 0 Å². The highest BCUT2D eigenvalue weighted by atomic mass is 16.5. The van der Waals surface area contributed by atoms with Crippen LogP contribution in [0.5, 0.6) is 5.75 Å². The van der Waals surface area contributed by atoms with E-state index in [9.17, 15) is 0 Å². The first-order chi connectivity index (χ1) is 5.72. The summed E-state index contributed by atoms with van der Waals surface area (Å²) < 4.78 is 5.36. The fourth-order valence-electron chi connectivity index (χ4n) is 0.778. The first-order valence-electron chi connectivity index (χ1n) is 3.89. The Hall–Kier alpha value is -1.32. The largest absolute Gasteiger partial charge is 0.488 e. The average molecular weight is 167 g/mol. The lowest BCUT2D eigenvalue weighted by molar-refractivity contribution is 0.240. The molecular weight excluding hydrogens is 154 g/mol. The van der Waals surface area contributed by atoms with E-state index in [1.54, 1.807) is 19.4 Å². The van der Waals surface area contributed by atoms with Crippen molar-refractivity contribution in [2.24, 2.45) is 0 Å². The van der Waals surface area contributed by atoms with E-state index in [2.05, 4.69) is 15.3 Å². The first kappa shape index (κ1) is 8.77. The number of nitrogens with zero attached hydrogens (tertiary/aromatic N) is 2. The molecule has 0 saturated carbocycles. The van der Waals surface area contributed by atoms with Crippen LogP contribution in [-0.2, 0) is 0 Å². The summed E-state index contributed by atoms with van der Waals surface area (Å²) in [5, 5.41) is 2.83. The zero-order valence-corrected chi connectivity index (χ0v) is 7.53. The van der Waals surface area contributed by atoms with Gasteiger partial charge in [0, 0.05) is 7.05 Å². The molecule has 0 amide bonds. The van der Waals surface area contributed by atoms with E-state index in [4.69, 9.17) is 4.74 Å². The van der Waals surface area contributed by atoms with Gasteiger partial charge in [0.1, 0.15) is 0 Å². The Morgan fingerprint density at radius 3 is 2.33 bits per heavy atom. The molecule has 0 atom stereocenters. The first-order valence-corrected chi connectivity index (χ1v) is 3.89. The minimum absolute atomic E-state index is 0.161. The third-order valence-electron chi connectivity index (χ3n) is 1.22. The van der Waals surface area contributed by atoms with Gasteiger partial charge in [-0.05, 0) is 13.8 Å². The fourth-order valence-corrected chi connectivity index (χ4v) is 0.778. The summed E-state index contributed by atoms with van der Waals surface area (Å²) in [5.74, 6) is 1.30. The molecule has 1 aromatic rings. The van der Waals surface area contributed by atoms with Crippen molar-refractivity contribution in [2.45, 2.75) is 20.0 Å². The second kappa shape index (κ2) is 3.90. The highest BCUT2D eigenvalue weighted by Crippen LogP contribution is 2.09. The van der Waals surface area contributed by atoms with Crippen molar-refractivity contribution in [1.29, 1.82) is 0 Å². The Kier molecular flexibility index (Phi) is 2.85. The van der Waals surface area contributed by atoms with Gasteiger partial charge < -0.3 is 10.1 Å². The molecule has 66 valence electrons. The standard InChI is InChI=1S/C8H13N3O/c1-6(2)12-7-4-10-8(9-3)11-5-7/h4-6H,1-3H3,(H,9,10,11). The van der Waals surface area contributed by atoms with Crippen LogP contribution >= 0.6 is 0 Å². The number of aromatic nitrogens is 2. The molecule has 0 bridgehead atoms. The Morgan fingerprint density at radius 2 is 1.92 bits per heavy atom. The van der Waals surface area contributed by atoms with Gasteiger partial charge in [-0.2, -0.15) is 0 Å². The van der Waals surface area contributed by atoms with Crippen LogP contribution in [0.25, 0.3) is 0 Å². The smallest absolute Gasteiger partial charge is 0.222 e. The maximum atomic E-state index is 5.36. The second-order valence-electron chi connectivity index (χ2n) is 2.66. The average Bonchev–Trinajstić information content (AvgIpc) is 2.05. The van der Waals surface area contributed by atoms with Crippen LogP contribution in [0.2, 0.25) is 0 Å². The molecule has 0 radical (unpaired) electrons. The van der Waals surface area contributed by atoms with Gasteiger partial charge in [0.25, 0.3) is 0 Å². The molecule has 0 unspecified atom stereocenters. The summed E-state index contributed by atoms with van der Waals surface area (Å²) in [7, 11) is 1.78. The molecular formula is C8H13N3O. The van der Waals surface area contributed by atoms with Gasteiger partial charge in [-0.25, -0.2) is 9.97 Å². The number of rotatable bonds is 3. The highest BCUT2D eigenvalue weighted by molar-refractivity contribution is 5.25. The number of nitrogens with one attached hydrogen (secondary N) is 1. The number of hydrogen-bond acceptors (Lipinski definition) is 4. The maximum absolute atomic E-state index is 5.36. The Labute approximate surface area is 72.0 Å². The minimum atomic E-state index is 0.161. The van der Waals surface area contributed by atoms with Crippen LogP contribution < -0.4 is 10.1 Å². The molecule has 1 N–H and O–H groups in total. The lowest BCUT2D eigenvalue weighted by Gasteiger charge is -2.08. The van der Waals surface area contributed by atoms with Crippen molar-refractivity contribution in [2.75, 3.05) is 12.4 Å². The molecule has 0 aliphatic rings. The summed E-state index contributed by atoms with van der Waals surface area (Å²) in [6, 6.07) is 0. The van der Waals surface area contributed by atoms with Crippen LogP contribution in [0.3, 0.4) is 0 Å². The molecule has 0 spiro atoms. The Bertz CT molecular complexity index is 233. The zero-order valence-electron chi connectivity index (χ0n) is 7.53. The van der Waals surface area contributed by atoms with E-state index < -0.39 is 0 Å². The van der Waals surface area contributed by atoms with E-state index in [1.807, 2.05) is 13.8 Å². The highest BCUT2D eigenvalue weighted by Gasteiger charge is 1.98. The van der Waals surface area contributed by atoms with Gasteiger partial charge in [0.15, 0.2) is 5.75 Å². The molecule has 0 fully saturated rings. The van der Waals surface area contributed by atoms with Crippen molar-refractivity contribution in [1.82, 2.24) is 9.97 Å². The van der Waals surface area contributed by atoms with Gasteiger partial charge >= 0.3 is 0 Å². The van der Waals surface area contributed by atoms with Crippen molar-refractivity contribution >= 4 is 5.95 Å². The SMILES string of the molecule is CNc1ncc(OC(C)C)cn1.